The average molecular weight is 490 g/mol. The van der Waals surface area contributed by atoms with E-state index in [2.05, 4.69) is 15.6 Å². The molecule has 1 aromatic heterocycles. The van der Waals surface area contributed by atoms with Crippen LogP contribution in [0.2, 0.25) is 10.0 Å². The van der Waals surface area contributed by atoms with Gasteiger partial charge in [0, 0.05) is 28.5 Å². The van der Waals surface area contributed by atoms with E-state index < -0.39 is 6.10 Å². The molecule has 3 aromatic rings. The first-order valence-electron chi connectivity index (χ1n) is 10.6. The van der Waals surface area contributed by atoms with E-state index in [1.165, 1.54) is 11.3 Å². The van der Waals surface area contributed by atoms with Crippen molar-refractivity contribution in [3.8, 4) is 5.75 Å². The van der Waals surface area contributed by atoms with Crippen molar-refractivity contribution in [3.63, 3.8) is 0 Å². The van der Waals surface area contributed by atoms with Gasteiger partial charge in [0.2, 0.25) is 0 Å². The molecule has 2 aromatic carbocycles. The maximum atomic E-state index is 12.7. The Morgan fingerprint density at radius 2 is 1.66 bits per heavy atom. The molecule has 2 N–H and O–H groups in total. The van der Waals surface area contributed by atoms with Gasteiger partial charge in [-0.05, 0) is 67.6 Å². The van der Waals surface area contributed by atoms with Crippen LogP contribution in [-0.2, 0) is 11.2 Å². The fourth-order valence-corrected chi connectivity index (χ4v) is 5.49. The van der Waals surface area contributed by atoms with E-state index in [9.17, 15) is 9.59 Å². The normalized spacial score (nSPS) is 22.2. The number of hydrogen-bond acceptors (Lipinski definition) is 5. The van der Waals surface area contributed by atoms with Gasteiger partial charge in [-0.25, -0.2) is 4.98 Å². The van der Waals surface area contributed by atoms with E-state index in [0.717, 1.165) is 47.2 Å². The molecule has 9 heteroatoms. The minimum Gasteiger partial charge on any atom is -0.480 e. The first-order chi connectivity index (χ1) is 15.4. The van der Waals surface area contributed by atoms with E-state index in [1.54, 1.807) is 24.3 Å². The largest absolute Gasteiger partial charge is 0.480 e. The van der Waals surface area contributed by atoms with Crippen molar-refractivity contribution >= 4 is 56.6 Å². The Hall–Kier alpha value is -2.35. The van der Waals surface area contributed by atoms with Crippen molar-refractivity contribution < 1.29 is 14.3 Å². The van der Waals surface area contributed by atoms with Gasteiger partial charge >= 0.3 is 0 Å². The Morgan fingerprint density at radius 1 is 0.969 bits per heavy atom. The van der Waals surface area contributed by atoms with Crippen LogP contribution in [0, 0.1) is 0 Å². The number of halogens is 2. The van der Waals surface area contributed by atoms with E-state index in [1.807, 2.05) is 12.1 Å². The third kappa shape index (κ3) is 4.56. The zero-order valence-corrected chi connectivity index (χ0v) is 19.4. The Balaban J connectivity index is 1.11. The number of aromatic nitrogens is 1. The molecular weight excluding hydrogens is 469 g/mol. The maximum absolute atomic E-state index is 12.7. The lowest BCUT2D eigenvalue weighted by molar-refractivity contribution is -0.128. The van der Waals surface area contributed by atoms with Gasteiger partial charge in [0.25, 0.3) is 11.8 Å². The highest BCUT2D eigenvalue weighted by Crippen LogP contribution is 2.31. The van der Waals surface area contributed by atoms with Crippen LogP contribution in [0.15, 0.2) is 36.4 Å². The molecule has 1 unspecified atom stereocenters. The summed E-state index contributed by atoms with van der Waals surface area (Å²) in [7, 11) is 0. The number of nitrogens with one attached hydrogen (secondary N) is 2. The van der Waals surface area contributed by atoms with Crippen molar-refractivity contribution in [3.05, 3.63) is 57.0 Å². The molecule has 6 nitrogen and oxygen atoms in total. The zero-order chi connectivity index (χ0) is 22.2. The first-order valence-corrected chi connectivity index (χ1v) is 12.1. The summed E-state index contributed by atoms with van der Waals surface area (Å²) in [6.07, 6.45) is 3.22. The number of thiazole rings is 1. The number of benzene rings is 2. The summed E-state index contributed by atoms with van der Waals surface area (Å²) in [4.78, 5) is 29.7. The van der Waals surface area contributed by atoms with Crippen LogP contribution in [-0.4, -0.2) is 35.0 Å². The summed E-state index contributed by atoms with van der Waals surface area (Å²) in [6, 6.07) is 11.0. The summed E-state index contributed by atoms with van der Waals surface area (Å²) >= 11 is 13.4. The smallest absolute Gasteiger partial charge is 0.280 e. The Morgan fingerprint density at radius 3 is 2.44 bits per heavy atom. The maximum Gasteiger partial charge on any atom is 0.280 e. The lowest BCUT2D eigenvalue weighted by Gasteiger charge is -2.30. The molecule has 5 rings (SSSR count). The fraction of sp³-hybridized carbons (Fsp3) is 0.348. The molecule has 1 saturated carbocycles. The third-order valence-electron chi connectivity index (χ3n) is 5.94. The Bertz CT molecular complexity index is 1190. The highest BCUT2D eigenvalue weighted by atomic mass is 35.5. The molecule has 0 saturated heterocycles. The first kappa shape index (κ1) is 21.5. The van der Waals surface area contributed by atoms with Crippen molar-refractivity contribution in [1.82, 2.24) is 15.6 Å². The highest BCUT2D eigenvalue weighted by Gasteiger charge is 2.32. The summed E-state index contributed by atoms with van der Waals surface area (Å²) in [5.74, 6) is 0.460. The lowest BCUT2D eigenvalue weighted by Crippen LogP contribution is -2.47. The number of ether oxygens (including phenoxy) is 1. The quantitative estimate of drug-likeness (QED) is 0.553. The van der Waals surface area contributed by atoms with Gasteiger partial charge in [-0.1, -0.05) is 23.2 Å². The van der Waals surface area contributed by atoms with E-state index >= 15 is 0 Å². The van der Waals surface area contributed by atoms with Crippen molar-refractivity contribution in [1.29, 1.82) is 0 Å². The molecule has 0 spiro atoms. The van der Waals surface area contributed by atoms with Crippen LogP contribution in [0.25, 0.3) is 10.2 Å². The zero-order valence-electron chi connectivity index (χ0n) is 17.1. The van der Waals surface area contributed by atoms with E-state index in [4.69, 9.17) is 27.9 Å². The molecule has 0 bridgehead atoms. The molecule has 1 aliphatic heterocycles. The van der Waals surface area contributed by atoms with Gasteiger partial charge in [-0.3, -0.25) is 9.59 Å². The fourth-order valence-electron chi connectivity index (χ4n) is 4.28. The molecule has 1 fully saturated rings. The van der Waals surface area contributed by atoms with Crippen molar-refractivity contribution in [2.24, 2.45) is 0 Å². The van der Waals surface area contributed by atoms with Crippen LogP contribution in [0.5, 0.6) is 5.75 Å². The number of carbonyl (C=O) groups excluding carboxylic acids is 2. The van der Waals surface area contributed by atoms with Crippen molar-refractivity contribution in [2.45, 2.75) is 50.3 Å². The second-order valence-corrected chi connectivity index (χ2v) is 10.1. The van der Waals surface area contributed by atoms with Crippen LogP contribution in [0.1, 0.15) is 41.0 Å². The van der Waals surface area contributed by atoms with Gasteiger partial charge in [-0.2, -0.15) is 0 Å². The van der Waals surface area contributed by atoms with E-state index in [0.29, 0.717) is 21.5 Å². The number of nitrogens with zero attached hydrogens (tertiary/aromatic N) is 1. The minimum atomic E-state index is -0.520. The van der Waals surface area contributed by atoms with Crippen LogP contribution >= 0.6 is 34.5 Å². The van der Waals surface area contributed by atoms with Gasteiger partial charge < -0.3 is 15.4 Å². The molecule has 0 radical (unpaired) electrons. The topological polar surface area (TPSA) is 80.3 Å². The Labute approximate surface area is 199 Å². The molecule has 2 heterocycles. The standard InChI is InChI=1S/C23H21Cl2N3O3S/c24-13-1-7-18-12(9-13)10-19(31-18)21(29)26-15-3-5-16(6-4-15)27-22(30)23-28-17-11-14(25)2-8-20(17)32-23/h1-2,7-9,11,15-16,19H,3-6,10H2,(H,26,29)(H,27,30). The molecule has 1 atom stereocenters. The van der Waals surface area contributed by atoms with Crippen LogP contribution in [0.4, 0.5) is 0 Å². The van der Waals surface area contributed by atoms with Gasteiger partial charge in [0.05, 0.1) is 10.2 Å². The van der Waals surface area contributed by atoms with Crippen LogP contribution < -0.4 is 15.4 Å². The minimum absolute atomic E-state index is 0.0698. The molecule has 166 valence electrons. The van der Waals surface area contributed by atoms with Gasteiger partial charge in [-0.15, -0.1) is 11.3 Å². The number of rotatable bonds is 4. The van der Waals surface area contributed by atoms with Gasteiger partial charge in [0.15, 0.2) is 11.1 Å². The van der Waals surface area contributed by atoms with Crippen molar-refractivity contribution in [2.75, 3.05) is 0 Å². The second kappa shape index (κ2) is 8.89. The molecule has 1 aliphatic carbocycles. The molecular formula is C23H21Cl2N3O3S. The molecule has 32 heavy (non-hydrogen) atoms. The number of hydrogen-bond donors (Lipinski definition) is 2. The number of fused-ring (bicyclic) bond motifs is 2. The predicted octanol–water partition coefficient (Wildman–Crippen LogP) is 4.76. The molecule has 2 aliphatic rings. The average Bonchev–Trinajstić information content (AvgIpc) is 3.38. The summed E-state index contributed by atoms with van der Waals surface area (Å²) < 4.78 is 6.71. The summed E-state index contributed by atoms with van der Waals surface area (Å²) in [5.41, 5.74) is 1.69. The second-order valence-electron chi connectivity index (χ2n) is 8.22. The van der Waals surface area contributed by atoms with Crippen LogP contribution in [0.3, 0.4) is 0 Å². The Kier molecular flexibility index (Phi) is 5.97. The van der Waals surface area contributed by atoms with E-state index in [-0.39, 0.29) is 23.9 Å². The summed E-state index contributed by atoms with van der Waals surface area (Å²) in [6.45, 7) is 0. The number of carbonyl (C=O) groups is 2. The lowest BCUT2D eigenvalue weighted by atomic mass is 9.91. The number of amides is 2. The predicted molar refractivity (Wildman–Crippen MR) is 126 cm³/mol. The highest BCUT2D eigenvalue weighted by molar-refractivity contribution is 7.20. The SMILES string of the molecule is O=C(NC1CCC(NC(=O)C2Cc3cc(Cl)ccc3O2)CC1)c1nc2cc(Cl)ccc2s1. The third-order valence-corrected chi connectivity index (χ3v) is 7.45. The summed E-state index contributed by atoms with van der Waals surface area (Å²) in [5, 5.41) is 7.87. The monoisotopic (exact) mass is 489 g/mol. The van der Waals surface area contributed by atoms with Gasteiger partial charge in [0.1, 0.15) is 5.75 Å². The molecule has 2 amide bonds.